The van der Waals surface area contributed by atoms with E-state index in [0.29, 0.717) is 6.04 Å². The smallest absolute Gasteiger partial charge is 0.125 e. The lowest BCUT2D eigenvalue weighted by Gasteiger charge is -2.11. The number of methoxy groups -OCH3 is 2. The molecule has 0 bridgehead atoms. The summed E-state index contributed by atoms with van der Waals surface area (Å²) in [6.45, 7) is 5.36. The van der Waals surface area contributed by atoms with Crippen molar-refractivity contribution in [3.63, 3.8) is 0 Å². The molecule has 0 heterocycles. The third-order valence-corrected chi connectivity index (χ3v) is 2.67. The fourth-order valence-electron chi connectivity index (χ4n) is 1.73. The van der Waals surface area contributed by atoms with Gasteiger partial charge in [0, 0.05) is 12.1 Å². The zero-order chi connectivity index (χ0) is 12.7. The van der Waals surface area contributed by atoms with Crippen LogP contribution in [-0.2, 0) is 6.42 Å². The Morgan fingerprint density at radius 1 is 1.18 bits per heavy atom. The molecular weight excluding hydrogens is 214 g/mol. The van der Waals surface area contributed by atoms with Gasteiger partial charge in [0.25, 0.3) is 0 Å². The van der Waals surface area contributed by atoms with Gasteiger partial charge in [-0.25, -0.2) is 0 Å². The van der Waals surface area contributed by atoms with Gasteiger partial charge < -0.3 is 14.8 Å². The van der Waals surface area contributed by atoms with E-state index >= 15 is 0 Å². The van der Waals surface area contributed by atoms with Crippen molar-refractivity contribution in [1.29, 1.82) is 0 Å². The molecule has 17 heavy (non-hydrogen) atoms. The van der Waals surface area contributed by atoms with Gasteiger partial charge in [0.2, 0.25) is 0 Å². The van der Waals surface area contributed by atoms with Gasteiger partial charge in [-0.1, -0.05) is 19.9 Å². The Morgan fingerprint density at radius 3 is 2.53 bits per heavy atom. The molecule has 3 nitrogen and oxygen atoms in total. The average molecular weight is 237 g/mol. The summed E-state index contributed by atoms with van der Waals surface area (Å²) in [5.74, 6) is 1.75. The van der Waals surface area contributed by atoms with E-state index in [1.54, 1.807) is 14.2 Å². The van der Waals surface area contributed by atoms with Crippen LogP contribution in [0.2, 0.25) is 0 Å². The summed E-state index contributed by atoms with van der Waals surface area (Å²) in [5, 5.41) is 3.41. The molecule has 0 amide bonds. The van der Waals surface area contributed by atoms with E-state index in [1.165, 1.54) is 5.56 Å². The van der Waals surface area contributed by atoms with Gasteiger partial charge >= 0.3 is 0 Å². The third kappa shape index (κ3) is 4.65. The lowest BCUT2D eigenvalue weighted by molar-refractivity contribution is 0.390. The first-order valence-electron chi connectivity index (χ1n) is 6.11. The Balaban J connectivity index is 2.52. The van der Waals surface area contributed by atoms with Crippen LogP contribution >= 0.6 is 0 Å². The molecule has 96 valence electrons. The molecule has 0 atom stereocenters. The van der Waals surface area contributed by atoms with E-state index in [2.05, 4.69) is 25.2 Å². The van der Waals surface area contributed by atoms with Crippen LogP contribution < -0.4 is 14.8 Å². The van der Waals surface area contributed by atoms with Crippen molar-refractivity contribution in [3.8, 4) is 11.5 Å². The maximum Gasteiger partial charge on any atom is 0.125 e. The minimum absolute atomic E-state index is 0.549. The molecule has 0 radical (unpaired) electrons. The second-order valence-electron chi connectivity index (χ2n) is 4.39. The largest absolute Gasteiger partial charge is 0.497 e. The first kappa shape index (κ1) is 13.8. The predicted molar refractivity (Wildman–Crippen MR) is 71.0 cm³/mol. The maximum atomic E-state index is 5.37. The fraction of sp³-hybridized carbons (Fsp3) is 0.571. The van der Waals surface area contributed by atoms with Crippen LogP contribution in [0.15, 0.2) is 18.2 Å². The highest BCUT2D eigenvalue weighted by Gasteiger charge is 2.04. The number of hydrogen-bond acceptors (Lipinski definition) is 3. The van der Waals surface area contributed by atoms with Crippen molar-refractivity contribution in [3.05, 3.63) is 23.8 Å². The second-order valence-corrected chi connectivity index (χ2v) is 4.39. The molecule has 0 unspecified atom stereocenters. The molecule has 1 aromatic rings. The first-order chi connectivity index (χ1) is 8.17. The van der Waals surface area contributed by atoms with Crippen LogP contribution in [0.5, 0.6) is 11.5 Å². The molecule has 0 saturated heterocycles. The van der Waals surface area contributed by atoms with Crippen LogP contribution in [0, 0.1) is 0 Å². The van der Waals surface area contributed by atoms with Gasteiger partial charge in [0.15, 0.2) is 0 Å². The quantitative estimate of drug-likeness (QED) is 0.739. The fourth-order valence-corrected chi connectivity index (χ4v) is 1.73. The number of nitrogens with one attached hydrogen (secondary N) is 1. The van der Waals surface area contributed by atoms with Crippen LogP contribution in [0.1, 0.15) is 25.8 Å². The highest BCUT2D eigenvalue weighted by molar-refractivity contribution is 5.40. The predicted octanol–water partition coefficient (Wildman–Crippen LogP) is 2.63. The molecule has 0 saturated carbocycles. The minimum atomic E-state index is 0.549. The SMILES string of the molecule is COc1ccc(CCCNC(C)C)c(OC)c1. The van der Waals surface area contributed by atoms with Crippen molar-refractivity contribution in [2.45, 2.75) is 32.7 Å². The Morgan fingerprint density at radius 2 is 1.94 bits per heavy atom. The summed E-state index contributed by atoms with van der Waals surface area (Å²) >= 11 is 0. The first-order valence-corrected chi connectivity index (χ1v) is 6.11. The number of rotatable bonds is 7. The summed E-state index contributed by atoms with van der Waals surface area (Å²) in [4.78, 5) is 0. The third-order valence-electron chi connectivity index (χ3n) is 2.67. The van der Waals surface area contributed by atoms with Gasteiger partial charge in [0.05, 0.1) is 14.2 Å². The molecule has 0 aliphatic heterocycles. The van der Waals surface area contributed by atoms with Crippen molar-refractivity contribution >= 4 is 0 Å². The second kappa shape index (κ2) is 7.17. The van der Waals surface area contributed by atoms with Crippen LogP contribution in [0.3, 0.4) is 0 Å². The van der Waals surface area contributed by atoms with Gasteiger partial charge in [-0.05, 0) is 31.0 Å². The molecule has 3 heteroatoms. The summed E-state index contributed by atoms with van der Waals surface area (Å²) < 4.78 is 10.5. The van der Waals surface area contributed by atoms with Crippen molar-refractivity contribution in [2.75, 3.05) is 20.8 Å². The van der Waals surface area contributed by atoms with Crippen LogP contribution in [-0.4, -0.2) is 26.8 Å². The number of hydrogen-bond donors (Lipinski definition) is 1. The number of ether oxygens (including phenoxy) is 2. The zero-order valence-electron chi connectivity index (χ0n) is 11.2. The van der Waals surface area contributed by atoms with E-state index in [0.717, 1.165) is 30.9 Å². The normalized spacial score (nSPS) is 10.6. The van der Waals surface area contributed by atoms with Gasteiger partial charge in [-0.3, -0.25) is 0 Å². The van der Waals surface area contributed by atoms with Crippen LogP contribution in [0.25, 0.3) is 0 Å². The van der Waals surface area contributed by atoms with Gasteiger partial charge in [0.1, 0.15) is 11.5 Å². The lowest BCUT2D eigenvalue weighted by Crippen LogP contribution is -2.23. The van der Waals surface area contributed by atoms with Crippen molar-refractivity contribution in [1.82, 2.24) is 5.32 Å². The topological polar surface area (TPSA) is 30.5 Å². The number of aryl methyl sites for hydroxylation is 1. The average Bonchev–Trinajstić information content (AvgIpc) is 2.34. The molecule has 0 aliphatic carbocycles. The van der Waals surface area contributed by atoms with E-state index in [-0.39, 0.29) is 0 Å². The molecule has 0 spiro atoms. The Kier molecular flexibility index (Phi) is 5.84. The highest BCUT2D eigenvalue weighted by Crippen LogP contribution is 2.25. The molecule has 0 aliphatic rings. The van der Waals surface area contributed by atoms with E-state index < -0.39 is 0 Å². The monoisotopic (exact) mass is 237 g/mol. The molecule has 1 aromatic carbocycles. The summed E-state index contributed by atoms with van der Waals surface area (Å²) in [5.41, 5.74) is 1.24. The lowest BCUT2D eigenvalue weighted by atomic mass is 10.1. The van der Waals surface area contributed by atoms with E-state index in [1.807, 2.05) is 12.1 Å². The minimum Gasteiger partial charge on any atom is -0.497 e. The van der Waals surface area contributed by atoms with Gasteiger partial charge in [-0.2, -0.15) is 0 Å². The standard InChI is InChI=1S/C14H23NO2/c1-11(2)15-9-5-6-12-7-8-13(16-3)10-14(12)17-4/h7-8,10-11,15H,5-6,9H2,1-4H3. The summed E-state index contributed by atoms with van der Waals surface area (Å²) in [6.07, 6.45) is 2.13. The molecule has 1 rings (SSSR count). The highest BCUT2D eigenvalue weighted by atomic mass is 16.5. The van der Waals surface area contributed by atoms with Gasteiger partial charge in [-0.15, -0.1) is 0 Å². The van der Waals surface area contributed by atoms with E-state index in [9.17, 15) is 0 Å². The molecule has 1 N–H and O–H groups in total. The maximum absolute atomic E-state index is 5.37. The van der Waals surface area contributed by atoms with E-state index in [4.69, 9.17) is 9.47 Å². The summed E-state index contributed by atoms with van der Waals surface area (Å²) in [6, 6.07) is 6.54. The van der Waals surface area contributed by atoms with Crippen molar-refractivity contribution < 1.29 is 9.47 Å². The summed E-state index contributed by atoms with van der Waals surface area (Å²) in [7, 11) is 3.37. The Bertz CT molecular complexity index is 337. The molecule has 0 fully saturated rings. The molecular formula is C14H23NO2. The zero-order valence-corrected chi connectivity index (χ0v) is 11.2. The number of benzene rings is 1. The Labute approximate surface area is 104 Å². The van der Waals surface area contributed by atoms with Crippen LogP contribution in [0.4, 0.5) is 0 Å². The Hall–Kier alpha value is -1.22. The van der Waals surface area contributed by atoms with Crippen molar-refractivity contribution in [2.24, 2.45) is 0 Å². The molecule has 0 aromatic heterocycles.